The third-order valence-electron chi connectivity index (χ3n) is 6.02. The number of aryl methyl sites for hydroxylation is 1. The van der Waals surface area contributed by atoms with E-state index in [2.05, 4.69) is 20.5 Å². The number of carbonyl (C=O) groups excluding carboxylic acids is 1. The van der Waals surface area contributed by atoms with Gasteiger partial charge in [0.25, 0.3) is 5.91 Å². The van der Waals surface area contributed by atoms with E-state index in [0.717, 1.165) is 59.0 Å². The third-order valence-corrected chi connectivity index (χ3v) is 6.02. The fourth-order valence-corrected chi connectivity index (χ4v) is 4.42. The van der Waals surface area contributed by atoms with Gasteiger partial charge in [0.1, 0.15) is 0 Å². The van der Waals surface area contributed by atoms with Crippen molar-refractivity contribution in [3.05, 3.63) is 53.3 Å². The molecule has 1 amide bonds. The molecule has 0 bridgehead atoms. The number of pyridine rings is 2. The second-order valence-corrected chi connectivity index (χ2v) is 8.42. The Hall–Kier alpha value is -3.32. The number of hydrogen-bond acceptors (Lipinski definition) is 5. The van der Waals surface area contributed by atoms with Crippen LogP contribution >= 0.6 is 0 Å². The summed E-state index contributed by atoms with van der Waals surface area (Å²) in [5, 5.41) is 12.4. The van der Waals surface area contributed by atoms with Crippen LogP contribution in [0.3, 0.4) is 0 Å². The van der Waals surface area contributed by atoms with Crippen LogP contribution in [0.2, 0.25) is 0 Å². The highest BCUT2D eigenvalue weighted by Gasteiger charge is 2.22. The van der Waals surface area contributed by atoms with Crippen LogP contribution < -0.4 is 5.32 Å². The number of benzene rings is 1. The lowest BCUT2D eigenvalue weighted by molar-refractivity contribution is 0.0951. The van der Waals surface area contributed by atoms with Gasteiger partial charge in [-0.05, 0) is 63.0 Å². The molecule has 0 atom stereocenters. The molecule has 5 rings (SSSR count). The monoisotopic (exact) mass is 414 g/mol. The minimum absolute atomic E-state index is 0.0501. The molecule has 0 spiro atoms. The minimum Gasteiger partial charge on any atom is -0.351 e. The van der Waals surface area contributed by atoms with E-state index in [4.69, 9.17) is 4.98 Å². The molecule has 1 aliphatic rings. The average molecular weight is 415 g/mol. The zero-order valence-corrected chi connectivity index (χ0v) is 17.9. The molecule has 0 aliphatic heterocycles. The van der Waals surface area contributed by atoms with E-state index in [1.807, 2.05) is 49.5 Å². The van der Waals surface area contributed by atoms with Crippen molar-refractivity contribution in [2.45, 2.75) is 25.7 Å². The predicted octanol–water partition coefficient (Wildman–Crippen LogP) is 3.34. The van der Waals surface area contributed by atoms with Crippen LogP contribution in [0, 0.1) is 0 Å². The number of likely N-dealkylation sites (N-methyl/N-ethyl adjacent to an activating group) is 1. The van der Waals surface area contributed by atoms with Crippen molar-refractivity contribution in [2.75, 3.05) is 27.2 Å². The van der Waals surface area contributed by atoms with E-state index in [0.29, 0.717) is 12.1 Å². The van der Waals surface area contributed by atoms with E-state index in [-0.39, 0.29) is 5.91 Å². The molecular formula is C24H26N6O. The number of fused-ring (bicyclic) bond motifs is 5. The van der Waals surface area contributed by atoms with Gasteiger partial charge in [-0.15, -0.1) is 0 Å². The fourth-order valence-electron chi connectivity index (χ4n) is 4.42. The second-order valence-electron chi connectivity index (χ2n) is 8.42. The molecule has 31 heavy (non-hydrogen) atoms. The van der Waals surface area contributed by atoms with Crippen LogP contribution in [0.4, 0.5) is 0 Å². The van der Waals surface area contributed by atoms with Crippen LogP contribution in [0.25, 0.3) is 33.2 Å². The van der Waals surface area contributed by atoms with Crippen LogP contribution in [-0.2, 0) is 12.8 Å². The van der Waals surface area contributed by atoms with E-state index in [9.17, 15) is 4.79 Å². The van der Waals surface area contributed by atoms with Gasteiger partial charge < -0.3 is 10.2 Å². The molecule has 3 aromatic heterocycles. The number of hydrogen-bond donors (Lipinski definition) is 2. The molecule has 4 aromatic rings. The molecule has 7 nitrogen and oxygen atoms in total. The molecule has 0 fully saturated rings. The first kappa shape index (κ1) is 19.6. The summed E-state index contributed by atoms with van der Waals surface area (Å²) in [6.07, 6.45) is 8.05. The highest BCUT2D eigenvalue weighted by atomic mass is 16.1. The number of nitrogens with one attached hydrogen (secondary N) is 2. The Kier molecular flexibility index (Phi) is 5.11. The Morgan fingerprint density at radius 2 is 1.87 bits per heavy atom. The Morgan fingerprint density at radius 3 is 2.65 bits per heavy atom. The number of H-pyrrole nitrogens is 1. The molecule has 3 heterocycles. The summed E-state index contributed by atoms with van der Waals surface area (Å²) in [5.74, 6) is -0.0501. The van der Waals surface area contributed by atoms with Crippen LogP contribution in [-0.4, -0.2) is 58.2 Å². The van der Waals surface area contributed by atoms with Crippen molar-refractivity contribution in [2.24, 2.45) is 0 Å². The average Bonchev–Trinajstić information content (AvgIpc) is 3.27. The van der Waals surface area contributed by atoms with Crippen molar-refractivity contribution in [3.63, 3.8) is 0 Å². The van der Waals surface area contributed by atoms with Gasteiger partial charge in [0, 0.05) is 35.0 Å². The molecule has 2 N–H and O–H groups in total. The largest absolute Gasteiger partial charge is 0.351 e. The Bertz CT molecular complexity index is 1260. The molecule has 158 valence electrons. The minimum atomic E-state index is -0.0501. The van der Waals surface area contributed by atoms with E-state index < -0.39 is 0 Å². The fraction of sp³-hybridized carbons (Fsp3) is 0.333. The van der Waals surface area contributed by atoms with Crippen molar-refractivity contribution in [1.29, 1.82) is 0 Å². The predicted molar refractivity (Wildman–Crippen MR) is 122 cm³/mol. The first-order valence-corrected chi connectivity index (χ1v) is 10.8. The Morgan fingerprint density at radius 1 is 1.10 bits per heavy atom. The van der Waals surface area contributed by atoms with Crippen molar-refractivity contribution < 1.29 is 4.79 Å². The van der Waals surface area contributed by atoms with E-state index >= 15 is 0 Å². The van der Waals surface area contributed by atoms with Crippen molar-refractivity contribution in [1.82, 2.24) is 30.4 Å². The summed E-state index contributed by atoms with van der Waals surface area (Å²) in [4.78, 5) is 24.1. The van der Waals surface area contributed by atoms with Gasteiger partial charge in [-0.1, -0.05) is 12.1 Å². The summed E-state index contributed by atoms with van der Waals surface area (Å²) in [7, 11) is 3.98. The molecule has 1 aliphatic carbocycles. The summed E-state index contributed by atoms with van der Waals surface area (Å²) >= 11 is 0. The van der Waals surface area contributed by atoms with Gasteiger partial charge in [0.15, 0.2) is 5.65 Å². The van der Waals surface area contributed by atoms with Gasteiger partial charge in [0.05, 0.1) is 23.6 Å². The number of amides is 1. The topological polar surface area (TPSA) is 86.8 Å². The summed E-state index contributed by atoms with van der Waals surface area (Å²) in [5.41, 5.74) is 7.02. The second kappa shape index (κ2) is 8.07. The lowest BCUT2D eigenvalue weighted by atomic mass is 9.86. The number of aromatic amines is 1. The van der Waals surface area contributed by atoms with Gasteiger partial charge in [-0.25, -0.2) is 9.97 Å². The highest BCUT2D eigenvalue weighted by molar-refractivity contribution is 6.05. The maximum Gasteiger partial charge on any atom is 0.251 e. The summed E-state index contributed by atoms with van der Waals surface area (Å²) < 4.78 is 0. The van der Waals surface area contributed by atoms with Gasteiger partial charge in [-0.3, -0.25) is 9.89 Å². The Labute approximate surface area is 180 Å². The molecule has 7 heteroatoms. The molecule has 1 aromatic carbocycles. The maximum absolute atomic E-state index is 12.4. The zero-order valence-electron chi connectivity index (χ0n) is 17.9. The van der Waals surface area contributed by atoms with Gasteiger partial charge in [-0.2, -0.15) is 5.10 Å². The lowest BCUT2D eigenvalue weighted by Crippen LogP contribution is -2.31. The van der Waals surface area contributed by atoms with E-state index in [1.54, 1.807) is 6.20 Å². The smallest absolute Gasteiger partial charge is 0.251 e. The molecule has 0 unspecified atom stereocenters. The van der Waals surface area contributed by atoms with Crippen LogP contribution in [0.1, 0.15) is 34.3 Å². The van der Waals surface area contributed by atoms with Crippen LogP contribution in [0.15, 0.2) is 36.7 Å². The SMILES string of the molecule is CN(C)CCNC(=O)c1ccc(-c2nc3ncc4[nH]ncc4c3c3c2CCCC3)cc1. The van der Waals surface area contributed by atoms with Crippen molar-refractivity contribution in [3.8, 4) is 11.3 Å². The zero-order chi connectivity index (χ0) is 21.4. The highest BCUT2D eigenvalue weighted by Crippen LogP contribution is 2.37. The Balaban J connectivity index is 1.53. The first-order valence-electron chi connectivity index (χ1n) is 10.8. The molecule has 0 saturated carbocycles. The molecule has 0 radical (unpaired) electrons. The number of nitrogens with zero attached hydrogens (tertiary/aromatic N) is 4. The van der Waals surface area contributed by atoms with Gasteiger partial charge in [0.2, 0.25) is 0 Å². The molecule has 0 saturated heterocycles. The number of carbonyl (C=O) groups is 1. The molecular weight excluding hydrogens is 388 g/mol. The summed E-state index contributed by atoms with van der Waals surface area (Å²) in [6.45, 7) is 1.44. The van der Waals surface area contributed by atoms with Crippen molar-refractivity contribution >= 4 is 27.8 Å². The summed E-state index contributed by atoms with van der Waals surface area (Å²) in [6, 6.07) is 7.77. The maximum atomic E-state index is 12.4. The quantitative estimate of drug-likeness (QED) is 0.523. The van der Waals surface area contributed by atoms with Crippen LogP contribution in [0.5, 0.6) is 0 Å². The number of aromatic nitrogens is 4. The number of rotatable bonds is 5. The van der Waals surface area contributed by atoms with Gasteiger partial charge >= 0.3 is 0 Å². The standard InChI is InChI=1S/C24H26N6O/c1-30(2)12-11-25-24(31)16-9-7-15(8-10-16)22-18-6-4-3-5-17(18)21-19-13-27-29-20(19)14-26-23(21)28-22/h7-10,13-14H,3-6,11-12H2,1-2H3,(H,25,31)(H,27,29). The lowest BCUT2D eigenvalue weighted by Gasteiger charge is -2.21. The van der Waals surface area contributed by atoms with E-state index in [1.165, 1.54) is 17.5 Å². The first-order chi connectivity index (χ1) is 15.1. The normalized spacial score (nSPS) is 13.6. The third kappa shape index (κ3) is 3.65.